The van der Waals surface area contributed by atoms with Crippen LogP contribution in [0.25, 0.3) is 0 Å². The Morgan fingerprint density at radius 2 is 1.88 bits per heavy atom. The molecule has 4 heteroatoms. The number of ether oxygens (including phenoxy) is 2. The Morgan fingerprint density at radius 1 is 1.24 bits per heavy atom. The molecule has 17 heavy (non-hydrogen) atoms. The molecule has 0 fully saturated rings. The molecular weight excluding hydrogens is 220 g/mol. The SMILES string of the molecule is COC(=O)C(C)CC(=O)OCc1ccccc1. The van der Waals surface area contributed by atoms with Crippen LogP contribution in [-0.2, 0) is 25.7 Å². The fraction of sp³-hybridized carbons (Fsp3) is 0.385. The molecule has 0 aliphatic heterocycles. The van der Waals surface area contributed by atoms with E-state index >= 15 is 0 Å². The van der Waals surface area contributed by atoms with Crippen LogP contribution in [0, 0.1) is 5.92 Å². The Labute approximate surface area is 101 Å². The van der Waals surface area contributed by atoms with E-state index in [1.807, 2.05) is 30.3 Å². The van der Waals surface area contributed by atoms with Crippen molar-refractivity contribution in [2.45, 2.75) is 20.0 Å². The Balaban J connectivity index is 2.33. The molecule has 92 valence electrons. The fourth-order valence-electron chi connectivity index (χ4n) is 1.33. The van der Waals surface area contributed by atoms with E-state index in [2.05, 4.69) is 4.74 Å². The summed E-state index contributed by atoms with van der Waals surface area (Å²) in [6, 6.07) is 9.39. The third-order valence-electron chi connectivity index (χ3n) is 2.32. The fourth-order valence-corrected chi connectivity index (χ4v) is 1.33. The van der Waals surface area contributed by atoms with Gasteiger partial charge in [-0.3, -0.25) is 9.59 Å². The number of methoxy groups -OCH3 is 1. The lowest BCUT2D eigenvalue weighted by molar-refractivity contribution is -0.153. The number of benzene rings is 1. The van der Waals surface area contributed by atoms with Crippen LogP contribution < -0.4 is 0 Å². The summed E-state index contributed by atoms with van der Waals surface area (Å²) in [5.74, 6) is -1.27. The molecule has 0 saturated carbocycles. The highest BCUT2D eigenvalue weighted by Crippen LogP contribution is 2.07. The second kappa shape index (κ2) is 6.68. The van der Waals surface area contributed by atoms with E-state index in [-0.39, 0.29) is 13.0 Å². The van der Waals surface area contributed by atoms with Gasteiger partial charge in [0, 0.05) is 0 Å². The van der Waals surface area contributed by atoms with Crippen LogP contribution in [0.3, 0.4) is 0 Å². The largest absolute Gasteiger partial charge is 0.469 e. The smallest absolute Gasteiger partial charge is 0.308 e. The van der Waals surface area contributed by atoms with Crippen molar-refractivity contribution in [2.75, 3.05) is 7.11 Å². The first kappa shape index (κ1) is 13.2. The zero-order chi connectivity index (χ0) is 12.7. The van der Waals surface area contributed by atoms with E-state index in [0.29, 0.717) is 0 Å². The topological polar surface area (TPSA) is 52.6 Å². The Bertz CT molecular complexity index is 372. The maximum atomic E-state index is 11.4. The van der Waals surface area contributed by atoms with Crippen molar-refractivity contribution in [3.8, 4) is 0 Å². The highest BCUT2D eigenvalue weighted by molar-refractivity contribution is 5.79. The predicted molar refractivity (Wildman–Crippen MR) is 62.0 cm³/mol. The lowest BCUT2D eigenvalue weighted by Gasteiger charge is -2.09. The highest BCUT2D eigenvalue weighted by Gasteiger charge is 2.18. The van der Waals surface area contributed by atoms with Gasteiger partial charge >= 0.3 is 11.9 Å². The first-order valence-electron chi connectivity index (χ1n) is 5.41. The molecule has 4 nitrogen and oxygen atoms in total. The van der Waals surface area contributed by atoms with Gasteiger partial charge in [-0.2, -0.15) is 0 Å². The minimum atomic E-state index is -0.469. The maximum Gasteiger partial charge on any atom is 0.308 e. The standard InChI is InChI=1S/C13H16O4/c1-10(13(15)16-2)8-12(14)17-9-11-6-4-3-5-7-11/h3-7,10H,8-9H2,1-2H3. The van der Waals surface area contributed by atoms with Crippen molar-refractivity contribution < 1.29 is 19.1 Å². The molecule has 0 N–H and O–H groups in total. The van der Waals surface area contributed by atoms with Crippen LogP contribution in [0.1, 0.15) is 18.9 Å². The van der Waals surface area contributed by atoms with Gasteiger partial charge < -0.3 is 9.47 Å². The Hall–Kier alpha value is -1.84. The van der Waals surface area contributed by atoms with Gasteiger partial charge in [-0.1, -0.05) is 37.3 Å². The summed E-state index contributed by atoms with van der Waals surface area (Å²) in [4.78, 5) is 22.5. The van der Waals surface area contributed by atoms with Gasteiger partial charge in [0.05, 0.1) is 19.4 Å². The second-order valence-corrected chi connectivity index (χ2v) is 3.77. The van der Waals surface area contributed by atoms with Crippen molar-refractivity contribution in [1.29, 1.82) is 0 Å². The number of esters is 2. The summed E-state index contributed by atoms with van der Waals surface area (Å²) < 4.78 is 9.58. The number of carbonyl (C=O) groups is 2. The van der Waals surface area contributed by atoms with Crippen molar-refractivity contribution in [3.63, 3.8) is 0 Å². The van der Waals surface area contributed by atoms with Gasteiger partial charge in [0.1, 0.15) is 6.61 Å². The first-order chi connectivity index (χ1) is 8.13. The van der Waals surface area contributed by atoms with Crippen LogP contribution >= 0.6 is 0 Å². The second-order valence-electron chi connectivity index (χ2n) is 3.77. The molecule has 0 aromatic heterocycles. The molecule has 0 heterocycles. The molecular formula is C13H16O4. The third-order valence-corrected chi connectivity index (χ3v) is 2.32. The lowest BCUT2D eigenvalue weighted by atomic mass is 10.1. The number of hydrogen-bond donors (Lipinski definition) is 0. The first-order valence-corrected chi connectivity index (χ1v) is 5.41. The summed E-state index contributed by atoms with van der Waals surface area (Å²) in [6.07, 6.45) is 0.0412. The Morgan fingerprint density at radius 3 is 2.47 bits per heavy atom. The molecule has 0 bridgehead atoms. The summed E-state index contributed by atoms with van der Waals surface area (Å²) in [6.45, 7) is 1.86. The average molecular weight is 236 g/mol. The van der Waals surface area contributed by atoms with Crippen LogP contribution in [0.2, 0.25) is 0 Å². The normalized spacial score (nSPS) is 11.6. The van der Waals surface area contributed by atoms with E-state index in [4.69, 9.17) is 4.74 Å². The van der Waals surface area contributed by atoms with Crippen molar-refractivity contribution in [2.24, 2.45) is 5.92 Å². The maximum absolute atomic E-state index is 11.4. The zero-order valence-electron chi connectivity index (χ0n) is 10.0. The molecule has 0 aliphatic carbocycles. The number of carbonyl (C=O) groups excluding carboxylic acids is 2. The van der Waals surface area contributed by atoms with Crippen LogP contribution in [0.4, 0.5) is 0 Å². The van der Waals surface area contributed by atoms with E-state index in [9.17, 15) is 9.59 Å². The van der Waals surface area contributed by atoms with Crippen LogP contribution in [0.5, 0.6) is 0 Å². The third kappa shape index (κ3) is 4.68. The number of rotatable bonds is 5. The Kier molecular flexibility index (Phi) is 5.20. The number of hydrogen-bond acceptors (Lipinski definition) is 4. The van der Waals surface area contributed by atoms with E-state index in [0.717, 1.165) is 5.56 Å². The molecule has 1 rings (SSSR count). The summed E-state index contributed by atoms with van der Waals surface area (Å²) >= 11 is 0. The summed E-state index contributed by atoms with van der Waals surface area (Å²) in [5, 5.41) is 0. The molecule has 1 aromatic carbocycles. The van der Waals surface area contributed by atoms with E-state index in [1.165, 1.54) is 7.11 Å². The van der Waals surface area contributed by atoms with Gasteiger partial charge in [-0.05, 0) is 5.56 Å². The zero-order valence-corrected chi connectivity index (χ0v) is 10.0. The summed E-state index contributed by atoms with van der Waals surface area (Å²) in [7, 11) is 1.30. The molecule has 1 unspecified atom stereocenters. The van der Waals surface area contributed by atoms with Crippen molar-refractivity contribution in [3.05, 3.63) is 35.9 Å². The minimum absolute atomic E-state index is 0.0412. The average Bonchev–Trinajstić information content (AvgIpc) is 2.36. The van der Waals surface area contributed by atoms with Gasteiger partial charge in [-0.25, -0.2) is 0 Å². The predicted octanol–water partition coefficient (Wildman–Crippen LogP) is 1.93. The minimum Gasteiger partial charge on any atom is -0.469 e. The van der Waals surface area contributed by atoms with Crippen molar-refractivity contribution in [1.82, 2.24) is 0 Å². The van der Waals surface area contributed by atoms with Gasteiger partial charge in [0.25, 0.3) is 0 Å². The van der Waals surface area contributed by atoms with Crippen LogP contribution in [0.15, 0.2) is 30.3 Å². The molecule has 0 radical (unpaired) electrons. The molecule has 1 aromatic rings. The van der Waals surface area contributed by atoms with Crippen LogP contribution in [-0.4, -0.2) is 19.0 Å². The van der Waals surface area contributed by atoms with E-state index in [1.54, 1.807) is 6.92 Å². The molecule has 0 saturated heterocycles. The van der Waals surface area contributed by atoms with Gasteiger partial charge in [0.15, 0.2) is 0 Å². The quantitative estimate of drug-likeness (QED) is 0.733. The molecule has 0 aliphatic rings. The molecule has 1 atom stereocenters. The lowest BCUT2D eigenvalue weighted by Crippen LogP contribution is -2.18. The molecule has 0 spiro atoms. The summed E-state index contributed by atoms with van der Waals surface area (Å²) in [5.41, 5.74) is 0.923. The molecule has 0 amide bonds. The highest BCUT2D eigenvalue weighted by atomic mass is 16.5. The van der Waals surface area contributed by atoms with Crippen molar-refractivity contribution >= 4 is 11.9 Å². The van der Waals surface area contributed by atoms with Gasteiger partial charge in [-0.15, -0.1) is 0 Å². The van der Waals surface area contributed by atoms with E-state index < -0.39 is 17.9 Å². The monoisotopic (exact) mass is 236 g/mol. The van der Waals surface area contributed by atoms with Gasteiger partial charge in [0.2, 0.25) is 0 Å².